The van der Waals surface area contributed by atoms with Gasteiger partial charge in [0.2, 0.25) is 0 Å². The topological polar surface area (TPSA) is 18.5 Å². The highest BCUT2D eigenvalue weighted by molar-refractivity contribution is 5.72. The lowest BCUT2D eigenvalue weighted by Gasteiger charge is -2.23. The third-order valence-corrected chi connectivity index (χ3v) is 3.59. The van der Waals surface area contributed by atoms with Gasteiger partial charge in [-0.1, -0.05) is 24.8 Å². The van der Waals surface area contributed by atoms with Crippen LogP contribution in [0.2, 0.25) is 0 Å². The van der Waals surface area contributed by atoms with Crippen molar-refractivity contribution in [1.29, 1.82) is 0 Å². The van der Waals surface area contributed by atoms with Crippen LogP contribution in [0.4, 0.5) is 17.6 Å². The second kappa shape index (κ2) is 7.05. The Labute approximate surface area is 137 Å². The van der Waals surface area contributed by atoms with Crippen molar-refractivity contribution in [2.45, 2.75) is 12.3 Å². The Morgan fingerprint density at radius 1 is 1.04 bits per heavy atom. The Hall–Kier alpha value is -2.34. The first-order chi connectivity index (χ1) is 11.3. The van der Waals surface area contributed by atoms with Crippen LogP contribution in [0, 0.1) is 5.82 Å². The van der Waals surface area contributed by atoms with Crippen LogP contribution in [-0.4, -0.2) is 20.4 Å². The Balaban J connectivity index is 2.73. The van der Waals surface area contributed by atoms with E-state index >= 15 is 0 Å². The van der Waals surface area contributed by atoms with Crippen LogP contribution < -0.4 is 4.74 Å². The van der Waals surface area contributed by atoms with E-state index in [9.17, 15) is 17.6 Å². The van der Waals surface area contributed by atoms with Gasteiger partial charge >= 0.3 is 6.18 Å². The molecule has 0 aliphatic carbocycles. The summed E-state index contributed by atoms with van der Waals surface area (Å²) in [6.45, 7) is 3.55. The van der Waals surface area contributed by atoms with E-state index in [0.717, 1.165) is 13.2 Å². The fraction of sp³-hybridized carbons (Fsp3) is 0.222. The lowest BCUT2D eigenvalue weighted by Crippen LogP contribution is -2.23. The van der Waals surface area contributed by atoms with Gasteiger partial charge in [-0.05, 0) is 41.0 Å². The van der Waals surface area contributed by atoms with E-state index in [0.29, 0.717) is 11.3 Å². The fourth-order valence-electron chi connectivity index (χ4n) is 2.45. The number of hydrogen-bond donors (Lipinski definition) is 0. The summed E-state index contributed by atoms with van der Waals surface area (Å²) in [4.78, 5) is 0. The second-order valence-corrected chi connectivity index (χ2v) is 5.05. The summed E-state index contributed by atoms with van der Waals surface area (Å²) < 4.78 is 63.8. The summed E-state index contributed by atoms with van der Waals surface area (Å²) in [6.07, 6.45) is -5.41. The predicted molar refractivity (Wildman–Crippen MR) is 84.3 cm³/mol. The highest BCUT2D eigenvalue weighted by atomic mass is 19.4. The van der Waals surface area contributed by atoms with Gasteiger partial charge in [0, 0.05) is 12.7 Å². The van der Waals surface area contributed by atoms with E-state index in [1.54, 1.807) is 6.07 Å². The molecule has 1 atom stereocenters. The van der Waals surface area contributed by atoms with E-state index in [-0.39, 0.29) is 16.7 Å². The standard InChI is InChI=1S/C18H16F4O2/c1-4-11-5-7-13(14-10-12(23-2)6-8-16(14)19)15(9-11)17(24-3)18(20,21)22/h4-10,17H,1H2,2-3H3. The zero-order valence-corrected chi connectivity index (χ0v) is 13.2. The normalized spacial score (nSPS) is 12.8. The van der Waals surface area contributed by atoms with Crippen LogP contribution in [0.15, 0.2) is 43.0 Å². The van der Waals surface area contributed by atoms with Crippen molar-refractivity contribution in [2.75, 3.05) is 14.2 Å². The third-order valence-electron chi connectivity index (χ3n) is 3.59. The van der Waals surface area contributed by atoms with E-state index in [4.69, 9.17) is 4.74 Å². The molecule has 0 aliphatic heterocycles. The summed E-state index contributed by atoms with van der Waals surface area (Å²) in [5.41, 5.74) is 0.380. The maximum absolute atomic E-state index is 14.2. The van der Waals surface area contributed by atoms with Gasteiger partial charge in [0.1, 0.15) is 11.6 Å². The van der Waals surface area contributed by atoms with Crippen LogP contribution in [-0.2, 0) is 4.74 Å². The smallest absolute Gasteiger partial charge is 0.418 e. The molecule has 0 aromatic heterocycles. The van der Waals surface area contributed by atoms with Gasteiger partial charge in [0.15, 0.2) is 6.10 Å². The number of halogens is 4. The van der Waals surface area contributed by atoms with Crippen LogP contribution in [0.3, 0.4) is 0 Å². The van der Waals surface area contributed by atoms with Crippen LogP contribution in [0.1, 0.15) is 17.2 Å². The van der Waals surface area contributed by atoms with Gasteiger partial charge in [-0.2, -0.15) is 13.2 Å². The molecule has 0 radical (unpaired) electrons. The summed E-state index contributed by atoms with van der Waals surface area (Å²) in [7, 11) is 2.36. The van der Waals surface area contributed by atoms with Gasteiger partial charge in [0.25, 0.3) is 0 Å². The predicted octanol–water partition coefficient (Wildman–Crippen LogP) is 5.39. The van der Waals surface area contributed by atoms with E-state index in [2.05, 4.69) is 11.3 Å². The molecule has 0 amide bonds. The number of benzene rings is 2. The first kappa shape index (κ1) is 18.0. The van der Waals surface area contributed by atoms with Crippen LogP contribution in [0.25, 0.3) is 17.2 Å². The number of rotatable bonds is 5. The van der Waals surface area contributed by atoms with Gasteiger partial charge in [0.05, 0.1) is 7.11 Å². The molecule has 2 nitrogen and oxygen atoms in total. The summed E-state index contributed by atoms with van der Waals surface area (Å²) in [5.74, 6) is -0.313. The Morgan fingerprint density at radius 2 is 1.75 bits per heavy atom. The monoisotopic (exact) mass is 340 g/mol. The summed E-state index contributed by atoms with van der Waals surface area (Å²) >= 11 is 0. The van der Waals surface area contributed by atoms with E-state index < -0.39 is 18.1 Å². The SMILES string of the molecule is C=Cc1ccc(-c2cc(OC)ccc2F)c(C(OC)C(F)(F)F)c1. The maximum atomic E-state index is 14.2. The molecular formula is C18H16F4O2. The van der Waals surface area contributed by atoms with Crippen molar-refractivity contribution in [3.05, 3.63) is 59.9 Å². The number of alkyl halides is 3. The van der Waals surface area contributed by atoms with Gasteiger partial charge in [-0.3, -0.25) is 0 Å². The largest absolute Gasteiger partial charge is 0.497 e. The molecule has 0 N–H and O–H groups in total. The van der Waals surface area contributed by atoms with Crippen molar-refractivity contribution in [3.8, 4) is 16.9 Å². The average molecular weight is 340 g/mol. The molecule has 128 valence electrons. The lowest BCUT2D eigenvalue weighted by atomic mass is 9.93. The van der Waals surface area contributed by atoms with Gasteiger partial charge in [-0.15, -0.1) is 0 Å². The summed E-state index contributed by atoms with van der Waals surface area (Å²) in [5, 5.41) is 0. The molecule has 0 bridgehead atoms. The minimum absolute atomic E-state index is 0.00580. The molecule has 1 unspecified atom stereocenters. The number of ether oxygens (including phenoxy) is 2. The molecular weight excluding hydrogens is 324 g/mol. The molecule has 6 heteroatoms. The van der Waals surface area contributed by atoms with Crippen molar-refractivity contribution >= 4 is 6.08 Å². The van der Waals surface area contributed by atoms with Crippen LogP contribution >= 0.6 is 0 Å². The minimum atomic E-state index is -4.64. The quantitative estimate of drug-likeness (QED) is 0.679. The molecule has 0 aliphatic rings. The van der Waals surface area contributed by atoms with Crippen molar-refractivity contribution in [1.82, 2.24) is 0 Å². The highest BCUT2D eigenvalue weighted by Gasteiger charge is 2.42. The molecule has 0 heterocycles. The molecule has 0 saturated heterocycles. The average Bonchev–Trinajstić information content (AvgIpc) is 2.55. The summed E-state index contributed by atoms with van der Waals surface area (Å²) in [6, 6.07) is 8.17. The molecule has 24 heavy (non-hydrogen) atoms. The minimum Gasteiger partial charge on any atom is -0.497 e. The van der Waals surface area contributed by atoms with Crippen molar-refractivity contribution in [2.24, 2.45) is 0 Å². The van der Waals surface area contributed by atoms with Gasteiger partial charge in [-0.25, -0.2) is 4.39 Å². The highest BCUT2D eigenvalue weighted by Crippen LogP contribution is 2.41. The Bertz CT molecular complexity index is 738. The maximum Gasteiger partial charge on any atom is 0.418 e. The Kier molecular flexibility index (Phi) is 5.29. The molecule has 2 aromatic rings. The molecule has 0 spiro atoms. The molecule has 0 saturated carbocycles. The molecule has 0 fully saturated rings. The third kappa shape index (κ3) is 3.59. The lowest BCUT2D eigenvalue weighted by molar-refractivity contribution is -0.215. The fourth-order valence-corrected chi connectivity index (χ4v) is 2.45. The van der Waals surface area contributed by atoms with Crippen molar-refractivity contribution in [3.63, 3.8) is 0 Å². The molecule has 2 aromatic carbocycles. The van der Waals surface area contributed by atoms with E-state index in [1.165, 1.54) is 37.5 Å². The zero-order chi connectivity index (χ0) is 17.9. The van der Waals surface area contributed by atoms with Gasteiger partial charge < -0.3 is 9.47 Å². The zero-order valence-electron chi connectivity index (χ0n) is 13.2. The van der Waals surface area contributed by atoms with Crippen LogP contribution in [0.5, 0.6) is 5.75 Å². The molecule has 2 rings (SSSR count). The van der Waals surface area contributed by atoms with Crippen molar-refractivity contribution < 1.29 is 27.0 Å². The second-order valence-electron chi connectivity index (χ2n) is 5.05. The Morgan fingerprint density at radius 3 is 2.29 bits per heavy atom. The van der Waals surface area contributed by atoms with E-state index in [1.807, 2.05) is 0 Å². The first-order valence-corrected chi connectivity index (χ1v) is 7.01. The number of methoxy groups -OCH3 is 2. The number of hydrogen-bond acceptors (Lipinski definition) is 2. The first-order valence-electron chi connectivity index (χ1n) is 7.01.